The molecule has 1 aromatic rings. The van der Waals surface area contributed by atoms with Crippen molar-refractivity contribution in [2.24, 2.45) is 0 Å². The van der Waals surface area contributed by atoms with E-state index in [1.54, 1.807) is 12.3 Å². The molecule has 0 amide bonds. The van der Waals surface area contributed by atoms with E-state index in [4.69, 9.17) is 5.02 Å². The zero-order chi connectivity index (χ0) is 6.69. The van der Waals surface area contributed by atoms with Crippen molar-refractivity contribution in [3.8, 4) is 0 Å². The second kappa shape index (κ2) is 2.64. The van der Waals surface area contributed by atoms with Gasteiger partial charge in [0.2, 0.25) is 0 Å². The van der Waals surface area contributed by atoms with Crippen molar-refractivity contribution < 1.29 is 5.02 Å². The van der Waals surface area contributed by atoms with Gasteiger partial charge in [-0.1, -0.05) is 0 Å². The molecule has 0 unspecified atom stereocenters. The summed E-state index contributed by atoms with van der Waals surface area (Å²) >= 11 is 0. The molecule has 9 heavy (non-hydrogen) atoms. The standard InChI is InChI=1S/C6H8BNO/c1-5-4-6(7-9)2-3-8-5/h2-4,7,9H,1H3. The van der Waals surface area contributed by atoms with Gasteiger partial charge < -0.3 is 5.02 Å². The number of pyridine rings is 1. The first-order chi connectivity index (χ1) is 4.33. The van der Waals surface area contributed by atoms with Crippen LogP contribution in [0.5, 0.6) is 0 Å². The van der Waals surface area contributed by atoms with Gasteiger partial charge in [0.15, 0.2) is 0 Å². The zero-order valence-electron chi connectivity index (χ0n) is 5.33. The molecule has 1 rings (SSSR count). The van der Waals surface area contributed by atoms with Gasteiger partial charge >= 0.3 is 7.48 Å². The number of hydrogen-bond donors (Lipinski definition) is 1. The van der Waals surface area contributed by atoms with Crippen LogP contribution in [-0.2, 0) is 0 Å². The van der Waals surface area contributed by atoms with Crippen LogP contribution in [0.1, 0.15) is 5.69 Å². The Bertz CT molecular complexity index is 202. The number of aryl methyl sites for hydroxylation is 1. The van der Waals surface area contributed by atoms with Gasteiger partial charge in [-0.05, 0) is 24.5 Å². The van der Waals surface area contributed by atoms with Gasteiger partial charge in [0.05, 0.1) is 0 Å². The minimum atomic E-state index is 0.101. The second-order valence-electron chi connectivity index (χ2n) is 1.96. The fourth-order valence-corrected chi connectivity index (χ4v) is 0.703. The molecule has 0 aromatic carbocycles. The van der Waals surface area contributed by atoms with Crippen molar-refractivity contribution in [3.63, 3.8) is 0 Å². The summed E-state index contributed by atoms with van der Waals surface area (Å²) in [7, 11) is 0.101. The van der Waals surface area contributed by atoms with Crippen molar-refractivity contribution in [3.05, 3.63) is 24.0 Å². The van der Waals surface area contributed by atoms with Crippen LogP contribution in [0.2, 0.25) is 0 Å². The smallest absolute Gasteiger partial charge is 0.304 e. The van der Waals surface area contributed by atoms with Crippen LogP contribution in [0.4, 0.5) is 0 Å². The van der Waals surface area contributed by atoms with Crippen LogP contribution in [-0.4, -0.2) is 17.5 Å². The van der Waals surface area contributed by atoms with Gasteiger partial charge in [-0.2, -0.15) is 0 Å². The molecule has 0 spiro atoms. The van der Waals surface area contributed by atoms with Gasteiger partial charge in [-0.3, -0.25) is 4.98 Å². The molecule has 1 N–H and O–H groups in total. The highest BCUT2D eigenvalue weighted by molar-refractivity contribution is 6.45. The molecule has 46 valence electrons. The van der Waals surface area contributed by atoms with Gasteiger partial charge in [-0.15, -0.1) is 0 Å². The summed E-state index contributed by atoms with van der Waals surface area (Å²) in [6, 6.07) is 3.66. The first-order valence-electron chi connectivity index (χ1n) is 2.85. The Morgan fingerprint density at radius 3 is 2.89 bits per heavy atom. The molecule has 0 aliphatic heterocycles. The first-order valence-corrected chi connectivity index (χ1v) is 2.85. The second-order valence-corrected chi connectivity index (χ2v) is 1.96. The average molecular weight is 121 g/mol. The predicted molar refractivity (Wildman–Crippen MR) is 38.0 cm³/mol. The predicted octanol–water partition coefficient (Wildman–Crippen LogP) is -0.641. The SMILES string of the molecule is Cc1cc(BO)ccn1. The number of rotatable bonds is 1. The van der Waals surface area contributed by atoms with E-state index in [1.807, 2.05) is 13.0 Å². The zero-order valence-corrected chi connectivity index (χ0v) is 5.33. The van der Waals surface area contributed by atoms with E-state index < -0.39 is 0 Å². The summed E-state index contributed by atoms with van der Waals surface area (Å²) in [5.41, 5.74) is 1.86. The van der Waals surface area contributed by atoms with Gasteiger partial charge in [-0.25, -0.2) is 0 Å². The highest BCUT2D eigenvalue weighted by Crippen LogP contribution is 1.84. The Morgan fingerprint density at radius 1 is 1.67 bits per heavy atom. The molecule has 2 nitrogen and oxygen atoms in total. The van der Waals surface area contributed by atoms with E-state index in [9.17, 15) is 0 Å². The molecular weight excluding hydrogens is 113 g/mol. The maximum absolute atomic E-state index is 8.63. The lowest BCUT2D eigenvalue weighted by atomic mass is 9.89. The van der Waals surface area contributed by atoms with Crippen LogP contribution in [0, 0.1) is 6.92 Å². The van der Waals surface area contributed by atoms with Crippen molar-refractivity contribution in [2.75, 3.05) is 0 Å². The summed E-state index contributed by atoms with van der Waals surface area (Å²) < 4.78 is 0. The van der Waals surface area contributed by atoms with E-state index in [1.165, 1.54) is 0 Å². The third kappa shape index (κ3) is 1.54. The lowest BCUT2D eigenvalue weighted by molar-refractivity contribution is 0.615. The number of aromatic nitrogens is 1. The molecule has 0 radical (unpaired) electrons. The number of nitrogens with zero attached hydrogens (tertiary/aromatic N) is 1. The van der Waals surface area contributed by atoms with Gasteiger partial charge in [0.25, 0.3) is 0 Å². The Balaban J connectivity index is 2.94. The topological polar surface area (TPSA) is 33.1 Å². The van der Waals surface area contributed by atoms with Crippen LogP contribution in [0.25, 0.3) is 0 Å². The quantitative estimate of drug-likeness (QED) is 0.501. The lowest BCUT2D eigenvalue weighted by Crippen LogP contribution is -2.13. The lowest BCUT2D eigenvalue weighted by Gasteiger charge is -1.92. The molecule has 1 aromatic heterocycles. The fourth-order valence-electron chi connectivity index (χ4n) is 0.703. The monoisotopic (exact) mass is 121 g/mol. The Morgan fingerprint density at radius 2 is 2.44 bits per heavy atom. The van der Waals surface area contributed by atoms with Crippen molar-refractivity contribution >= 4 is 12.9 Å². The van der Waals surface area contributed by atoms with Gasteiger partial charge in [0, 0.05) is 11.9 Å². The van der Waals surface area contributed by atoms with Crippen molar-refractivity contribution in [1.82, 2.24) is 4.98 Å². The molecule has 1 heterocycles. The van der Waals surface area contributed by atoms with Crippen LogP contribution >= 0.6 is 0 Å². The van der Waals surface area contributed by atoms with Gasteiger partial charge in [0.1, 0.15) is 0 Å². The van der Waals surface area contributed by atoms with E-state index >= 15 is 0 Å². The summed E-state index contributed by atoms with van der Waals surface area (Å²) in [5, 5.41) is 8.63. The molecule has 0 aliphatic rings. The molecule has 0 aliphatic carbocycles. The number of hydrogen-bond acceptors (Lipinski definition) is 2. The average Bonchev–Trinajstić information content (AvgIpc) is 1.88. The van der Waals surface area contributed by atoms with E-state index in [2.05, 4.69) is 4.98 Å². The molecule has 3 heteroatoms. The maximum atomic E-state index is 8.63. The van der Waals surface area contributed by atoms with Crippen LogP contribution in [0.3, 0.4) is 0 Å². The van der Waals surface area contributed by atoms with Crippen molar-refractivity contribution in [2.45, 2.75) is 6.92 Å². The molecule has 0 atom stereocenters. The minimum absolute atomic E-state index is 0.101. The molecule has 0 saturated heterocycles. The first kappa shape index (κ1) is 6.30. The third-order valence-corrected chi connectivity index (χ3v) is 1.14. The highest BCUT2D eigenvalue weighted by Gasteiger charge is 1.90. The summed E-state index contributed by atoms with van der Waals surface area (Å²) in [5.74, 6) is 0. The minimum Gasteiger partial charge on any atom is -0.449 e. The molecule has 0 fully saturated rings. The van der Waals surface area contributed by atoms with E-state index in [-0.39, 0.29) is 7.48 Å². The maximum Gasteiger partial charge on any atom is 0.304 e. The Hall–Kier alpha value is -0.825. The Kier molecular flexibility index (Phi) is 1.85. The molecule has 0 bridgehead atoms. The molecule has 0 saturated carbocycles. The van der Waals surface area contributed by atoms with E-state index in [0.29, 0.717) is 0 Å². The van der Waals surface area contributed by atoms with Crippen molar-refractivity contribution in [1.29, 1.82) is 0 Å². The summed E-state index contributed by atoms with van der Waals surface area (Å²) in [4.78, 5) is 3.98. The fraction of sp³-hybridized carbons (Fsp3) is 0.167. The molecular formula is C6H8BNO. The highest BCUT2D eigenvalue weighted by atomic mass is 16.2. The van der Waals surface area contributed by atoms with Crippen LogP contribution in [0.15, 0.2) is 18.3 Å². The largest absolute Gasteiger partial charge is 0.449 e. The normalized spacial score (nSPS) is 9.11. The van der Waals surface area contributed by atoms with E-state index in [0.717, 1.165) is 11.2 Å². The summed E-state index contributed by atoms with van der Waals surface area (Å²) in [6.07, 6.45) is 1.70. The Labute approximate surface area is 54.8 Å². The third-order valence-electron chi connectivity index (χ3n) is 1.14. The summed E-state index contributed by atoms with van der Waals surface area (Å²) in [6.45, 7) is 1.90. The van der Waals surface area contributed by atoms with Crippen LogP contribution < -0.4 is 5.46 Å².